The van der Waals surface area contributed by atoms with E-state index in [1.807, 2.05) is 0 Å². The molecule has 0 radical (unpaired) electrons. The van der Waals surface area contributed by atoms with Crippen LogP contribution in [0.2, 0.25) is 10.0 Å². The number of amides is 3. The Bertz CT molecular complexity index is 667. The van der Waals surface area contributed by atoms with Crippen molar-refractivity contribution < 1.29 is 14.4 Å². The van der Waals surface area contributed by atoms with Crippen LogP contribution in [0.5, 0.6) is 0 Å². The number of piperidine rings is 1. The highest BCUT2D eigenvalue weighted by molar-refractivity contribution is 6.36. The van der Waals surface area contributed by atoms with Crippen LogP contribution in [0.3, 0.4) is 0 Å². The summed E-state index contributed by atoms with van der Waals surface area (Å²) in [5.41, 5.74) is 0.234. The van der Waals surface area contributed by atoms with Crippen molar-refractivity contribution in [2.24, 2.45) is 5.92 Å². The van der Waals surface area contributed by atoms with Crippen molar-refractivity contribution in [3.63, 3.8) is 0 Å². The van der Waals surface area contributed by atoms with Crippen molar-refractivity contribution in [3.8, 4) is 0 Å². The summed E-state index contributed by atoms with van der Waals surface area (Å²) in [6.45, 7) is 3.26. The monoisotopic (exact) mass is 385 g/mol. The number of rotatable bonds is 5. The Kier molecular flexibility index (Phi) is 7.08. The summed E-state index contributed by atoms with van der Waals surface area (Å²) in [6.07, 6.45) is 2.11. The minimum Gasteiger partial charge on any atom is -0.345 e. The van der Waals surface area contributed by atoms with E-state index < -0.39 is 11.8 Å². The predicted octanol–water partition coefficient (Wildman–Crippen LogP) is 2.10. The van der Waals surface area contributed by atoms with Crippen LogP contribution >= 0.6 is 23.2 Å². The molecule has 1 unspecified atom stereocenters. The summed E-state index contributed by atoms with van der Waals surface area (Å²) in [5.74, 6) is -0.534. The van der Waals surface area contributed by atoms with E-state index >= 15 is 0 Å². The summed E-state index contributed by atoms with van der Waals surface area (Å²) in [6, 6.07) is 4.48. The average molecular weight is 386 g/mol. The molecule has 1 saturated heterocycles. The third-order valence-corrected chi connectivity index (χ3v) is 4.58. The van der Waals surface area contributed by atoms with Crippen molar-refractivity contribution >= 4 is 40.9 Å². The third kappa shape index (κ3) is 5.90. The topological polar surface area (TPSA) is 78.5 Å². The predicted molar refractivity (Wildman–Crippen MR) is 96.8 cm³/mol. The van der Waals surface area contributed by atoms with Crippen LogP contribution in [0, 0.1) is 5.92 Å². The molecule has 2 rings (SSSR count). The first-order valence-electron chi connectivity index (χ1n) is 8.14. The van der Waals surface area contributed by atoms with Gasteiger partial charge in [-0.25, -0.2) is 0 Å². The van der Waals surface area contributed by atoms with Crippen LogP contribution in [0.4, 0.5) is 0 Å². The number of hydrogen-bond donors (Lipinski definition) is 2. The van der Waals surface area contributed by atoms with Gasteiger partial charge in [-0.05, 0) is 37.0 Å². The zero-order chi connectivity index (χ0) is 18.4. The first-order chi connectivity index (χ1) is 11.9. The highest BCUT2D eigenvalue weighted by Gasteiger charge is 2.21. The van der Waals surface area contributed by atoms with E-state index in [9.17, 15) is 14.4 Å². The number of carbonyl (C=O) groups is 3. The number of nitrogens with one attached hydrogen (secondary N) is 2. The molecule has 0 aromatic heterocycles. The van der Waals surface area contributed by atoms with Crippen molar-refractivity contribution in [2.45, 2.75) is 19.8 Å². The van der Waals surface area contributed by atoms with Crippen LogP contribution < -0.4 is 10.6 Å². The zero-order valence-corrected chi connectivity index (χ0v) is 15.5. The van der Waals surface area contributed by atoms with Crippen LogP contribution in [-0.4, -0.2) is 48.8 Å². The zero-order valence-electron chi connectivity index (χ0n) is 14.0. The summed E-state index contributed by atoms with van der Waals surface area (Å²) in [4.78, 5) is 37.7. The molecule has 1 atom stereocenters. The lowest BCUT2D eigenvalue weighted by Gasteiger charge is -2.31. The van der Waals surface area contributed by atoms with E-state index in [1.54, 1.807) is 11.0 Å². The van der Waals surface area contributed by atoms with Crippen molar-refractivity contribution in [3.05, 3.63) is 33.8 Å². The SMILES string of the molecule is CC1CCCN(C(=O)CNC(=O)CNC(=O)c2ccc(Cl)cc2Cl)C1. The van der Waals surface area contributed by atoms with E-state index in [1.165, 1.54) is 12.1 Å². The van der Waals surface area contributed by atoms with Crippen LogP contribution in [0.15, 0.2) is 18.2 Å². The molecule has 1 aromatic carbocycles. The lowest BCUT2D eigenvalue weighted by molar-refractivity contribution is -0.134. The largest absolute Gasteiger partial charge is 0.345 e. The van der Waals surface area contributed by atoms with E-state index in [0.717, 1.165) is 25.9 Å². The Morgan fingerprint density at radius 1 is 1.20 bits per heavy atom. The molecule has 1 heterocycles. The number of hydrogen-bond acceptors (Lipinski definition) is 3. The van der Waals surface area contributed by atoms with Gasteiger partial charge in [-0.2, -0.15) is 0 Å². The fourth-order valence-corrected chi connectivity index (χ4v) is 3.19. The lowest BCUT2D eigenvalue weighted by Crippen LogP contribution is -2.46. The second-order valence-corrected chi connectivity index (χ2v) is 7.01. The molecule has 2 N–H and O–H groups in total. The minimum absolute atomic E-state index is 0.0663. The van der Waals surface area contributed by atoms with Gasteiger partial charge in [0.05, 0.1) is 23.7 Å². The number of nitrogens with zero attached hydrogens (tertiary/aromatic N) is 1. The quantitative estimate of drug-likeness (QED) is 0.814. The van der Waals surface area contributed by atoms with Gasteiger partial charge in [0.15, 0.2) is 0 Å². The van der Waals surface area contributed by atoms with Crippen LogP contribution in [0.25, 0.3) is 0 Å². The molecule has 6 nitrogen and oxygen atoms in total. The average Bonchev–Trinajstić information content (AvgIpc) is 2.57. The second-order valence-electron chi connectivity index (χ2n) is 6.17. The van der Waals surface area contributed by atoms with Gasteiger partial charge in [-0.3, -0.25) is 14.4 Å². The first kappa shape index (κ1) is 19.5. The number of benzene rings is 1. The molecule has 1 aromatic rings. The second kappa shape index (κ2) is 9.06. The van der Waals surface area contributed by atoms with Crippen molar-refractivity contribution in [1.29, 1.82) is 0 Å². The van der Waals surface area contributed by atoms with Crippen LogP contribution in [-0.2, 0) is 9.59 Å². The smallest absolute Gasteiger partial charge is 0.253 e. The molecule has 1 fully saturated rings. The van der Waals surface area contributed by atoms with E-state index in [0.29, 0.717) is 10.9 Å². The first-order valence-corrected chi connectivity index (χ1v) is 8.90. The highest BCUT2D eigenvalue weighted by Crippen LogP contribution is 2.20. The highest BCUT2D eigenvalue weighted by atomic mass is 35.5. The third-order valence-electron chi connectivity index (χ3n) is 4.03. The Labute approximate surface area is 156 Å². The Morgan fingerprint density at radius 3 is 2.64 bits per heavy atom. The standard InChI is InChI=1S/C17H21Cl2N3O3/c1-11-3-2-6-22(10-11)16(24)9-20-15(23)8-21-17(25)13-5-4-12(18)7-14(13)19/h4-5,7,11H,2-3,6,8-10H2,1H3,(H,20,23)(H,21,25). The Hall–Kier alpha value is -1.79. The van der Waals surface area contributed by atoms with Gasteiger partial charge in [-0.1, -0.05) is 30.1 Å². The molecular weight excluding hydrogens is 365 g/mol. The summed E-state index contributed by atoms with van der Waals surface area (Å²) in [5, 5.41) is 5.62. The Morgan fingerprint density at radius 2 is 1.96 bits per heavy atom. The number of likely N-dealkylation sites (tertiary alicyclic amines) is 1. The molecule has 25 heavy (non-hydrogen) atoms. The fraction of sp³-hybridized carbons (Fsp3) is 0.471. The molecular formula is C17H21Cl2N3O3. The maximum Gasteiger partial charge on any atom is 0.253 e. The summed E-state index contributed by atoms with van der Waals surface area (Å²) in [7, 11) is 0. The van der Waals surface area contributed by atoms with Gasteiger partial charge in [0.1, 0.15) is 0 Å². The van der Waals surface area contributed by atoms with Gasteiger partial charge in [-0.15, -0.1) is 0 Å². The number of halogens is 2. The lowest BCUT2D eigenvalue weighted by atomic mass is 10.0. The molecule has 0 aliphatic carbocycles. The molecule has 1 aliphatic heterocycles. The molecule has 0 spiro atoms. The van der Waals surface area contributed by atoms with E-state index in [4.69, 9.17) is 23.2 Å². The maximum absolute atomic E-state index is 12.1. The van der Waals surface area contributed by atoms with Gasteiger partial charge >= 0.3 is 0 Å². The van der Waals surface area contributed by atoms with Gasteiger partial charge in [0, 0.05) is 18.1 Å². The van der Waals surface area contributed by atoms with Gasteiger partial charge < -0.3 is 15.5 Å². The van der Waals surface area contributed by atoms with Gasteiger partial charge in [0.25, 0.3) is 5.91 Å². The molecule has 8 heteroatoms. The molecule has 0 bridgehead atoms. The van der Waals surface area contributed by atoms with E-state index in [2.05, 4.69) is 17.6 Å². The summed E-state index contributed by atoms with van der Waals surface area (Å²) < 4.78 is 0. The van der Waals surface area contributed by atoms with Gasteiger partial charge in [0.2, 0.25) is 11.8 Å². The van der Waals surface area contributed by atoms with Crippen molar-refractivity contribution in [2.75, 3.05) is 26.2 Å². The summed E-state index contributed by atoms with van der Waals surface area (Å²) >= 11 is 11.7. The number of carbonyl (C=O) groups excluding carboxylic acids is 3. The Balaban J connectivity index is 1.75. The molecule has 0 saturated carbocycles. The maximum atomic E-state index is 12.1. The van der Waals surface area contributed by atoms with Crippen LogP contribution in [0.1, 0.15) is 30.1 Å². The minimum atomic E-state index is -0.479. The molecule has 1 aliphatic rings. The molecule has 136 valence electrons. The molecule has 3 amide bonds. The fourth-order valence-electron chi connectivity index (χ4n) is 2.69. The normalized spacial score (nSPS) is 17.1. The van der Waals surface area contributed by atoms with E-state index in [-0.39, 0.29) is 29.6 Å². The van der Waals surface area contributed by atoms with Crippen molar-refractivity contribution in [1.82, 2.24) is 15.5 Å².